The van der Waals surface area contributed by atoms with E-state index < -0.39 is 0 Å². The van der Waals surface area contributed by atoms with Gasteiger partial charge in [0.2, 0.25) is 0 Å². The number of esters is 1. The van der Waals surface area contributed by atoms with E-state index in [9.17, 15) is 9.18 Å². The topological polar surface area (TPSA) is 39.2 Å². The first-order valence-corrected chi connectivity index (χ1v) is 9.20. The van der Waals surface area contributed by atoms with E-state index in [1.165, 1.54) is 23.5 Å². The Kier molecular flexibility index (Phi) is 4.29. The molecular weight excluding hydrogens is 357 g/mol. The van der Waals surface area contributed by atoms with Crippen LogP contribution in [0.4, 0.5) is 4.39 Å². The summed E-state index contributed by atoms with van der Waals surface area (Å²) in [6, 6.07) is 17.5. The molecule has 0 radical (unpaired) electrons. The lowest BCUT2D eigenvalue weighted by atomic mass is 10.2. The molecule has 4 aromatic rings. The molecule has 0 amide bonds. The van der Waals surface area contributed by atoms with E-state index in [4.69, 9.17) is 4.74 Å². The Morgan fingerprint density at radius 2 is 1.80 bits per heavy atom. The number of thiazole rings is 1. The number of ether oxygens (including phenoxy) is 1. The zero-order valence-electron chi connectivity index (χ0n) is 12.9. The van der Waals surface area contributed by atoms with Crippen LogP contribution in [0, 0.1) is 5.82 Å². The first kappa shape index (κ1) is 15.9. The van der Waals surface area contributed by atoms with Crippen LogP contribution in [0.2, 0.25) is 0 Å². The SMILES string of the molecule is O=C(OCc1ccc(F)cc1)c1ccc(-c2nc3ccccc3s2)s1. The molecule has 0 saturated heterocycles. The largest absolute Gasteiger partial charge is 0.457 e. The molecule has 0 aliphatic rings. The molecule has 0 fully saturated rings. The van der Waals surface area contributed by atoms with Gasteiger partial charge in [0.05, 0.1) is 15.1 Å². The highest BCUT2D eigenvalue weighted by atomic mass is 32.1. The minimum absolute atomic E-state index is 0.119. The van der Waals surface area contributed by atoms with Crippen LogP contribution in [0.15, 0.2) is 60.7 Å². The van der Waals surface area contributed by atoms with Crippen molar-refractivity contribution < 1.29 is 13.9 Å². The second-order valence-corrected chi connectivity index (χ2v) is 7.47. The van der Waals surface area contributed by atoms with Crippen molar-refractivity contribution in [1.29, 1.82) is 0 Å². The Balaban J connectivity index is 1.48. The molecule has 2 aromatic carbocycles. The maximum atomic E-state index is 12.9. The number of hydrogen-bond donors (Lipinski definition) is 0. The van der Waals surface area contributed by atoms with Gasteiger partial charge in [-0.05, 0) is 42.0 Å². The van der Waals surface area contributed by atoms with Crippen molar-refractivity contribution in [2.24, 2.45) is 0 Å². The molecule has 0 aliphatic heterocycles. The quantitative estimate of drug-likeness (QED) is 0.445. The van der Waals surface area contributed by atoms with Gasteiger partial charge in [0.15, 0.2) is 0 Å². The second kappa shape index (κ2) is 6.74. The van der Waals surface area contributed by atoms with Gasteiger partial charge in [-0.3, -0.25) is 0 Å². The van der Waals surface area contributed by atoms with E-state index in [2.05, 4.69) is 4.98 Å². The molecule has 2 heterocycles. The predicted molar refractivity (Wildman–Crippen MR) is 98.5 cm³/mol. The number of carbonyl (C=O) groups excluding carboxylic acids is 1. The lowest BCUT2D eigenvalue weighted by Crippen LogP contribution is -2.02. The van der Waals surface area contributed by atoms with Gasteiger partial charge in [0, 0.05) is 0 Å². The fraction of sp³-hybridized carbons (Fsp3) is 0.0526. The van der Waals surface area contributed by atoms with Gasteiger partial charge in [-0.1, -0.05) is 24.3 Å². The van der Waals surface area contributed by atoms with Crippen molar-refractivity contribution >= 4 is 38.9 Å². The molecule has 0 aliphatic carbocycles. The highest BCUT2D eigenvalue weighted by Gasteiger charge is 2.14. The van der Waals surface area contributed by atoms with Crippen molar-refractivity contribution in [1.82, 2.24) is 4.98 Å². The molecule has 6 heteroatoms. The summed E-state index contributed by atoms with van der Waals surface area (Å²) in [6.45, 7) is 0.119. The maximum absolute atomic E-state index is 12.9. The Labute approximate surface area is 151 Å². The summed E-state index contributed by atoms with van der Waals surface area (Å²) in [5.41, 5.74) is 1.70. The molecule has 0 N–H and O–H groups in total. The van der Waals surface area contributed by atoms with Gasteiger partial charge < -0.3 is 4.74 Å². The molecule has 0 unspecified atom stereocenters. The molecule has 3 nitrogen and oxygen atoms in total. The summed E-state index contributed by atoms with van der Waals surface area (Å²) in [5, 5.41) is 0.892. The fourth-order valence-corrected chi connectivity index (χ4v) is 4.26. The van der Waals surface area contributed by atoms with E-state index in [1.54, 1.807) is 29.5 Å². The van der Waals surface area contributed by atoms with E-state index in [-0.39, 0.29) is 18.4 Å². The number of rotatable bonds is 4. The number of carbonyl (C=O) groups is 1. The lowest BCUT2D eigenvalue weighted by Gasteiger charge is -2.03. The summed E-state index contributed by atoms with van der Waals surface area (Å²) < 4.78 is 19.3. The van der Waals surface area contributed by atoms with Gasteiger partial charge in [-0.2, -0.15) is 0 Å². The average molecular weight is 369 g/mol. The number of thiophene rings is 1. The van der Waals surface area contributed by atoms with Gasteiger partial charge in [-0.15, -0.1) is 22.7 Å². The molecule has 4 rings (SSSR count). The third-order valence-electron chi connectivity index (χ3n) is 3.60. The molecule has 0 spiro atoms. The second-order valence-electron chi connectivity index (χ2n) is 5.35. The van der Waals surface area contributed by atoms with E-state index in [1.807, 2.05) is 30.3 Å². The molecule has 0 bridgehead atoms. The molecular formula is C19H12FNO2S2. The highest BCUT2D eigenvalue weighted by molar-refractivity contribution is 7.26. The van der Waals surface area contributed by atoms with Crippen LogP contribution in [0.1, 0.15) is 15.2 Å². The standard InChI is InChI=1S/C19H12FNO2S2/c20-13-7-5-12(6-8-13)11-23-19(22)17-10-9-16(24-17)18-21-14-3-1-2-4-15(14)25-18/h1-10H,11H2. The van der Waals surface area contributed by atoms with Gasteiger partial charge in [0.1, 0.15) is 22.3 Å². The first-order valence-electron chi connectivity index (χ1n) is 7.56. The average Bonchev–Trinajstić information content (AvgIpc) is 3.27. The van der Waals surface area contributed by atoms with Crippen LogP contribution in [0.25, 0.3) is 20.1 Å². The summed E-state index contributed by atoms with van der Waals surface area (Å²) in [4.78, 5) is 18.3. The van der Waals surface area contributed by atoms with Crippen molar-refractivity contribution in [2.75, 3.05) is 0 Å². The van der Waals surface area contributed by atoms with Crippen LogP contribution >= 0.6 is 22.7 Å². The summed E-state index contributed by atoms with van der Waals surface area (Å²) in [6.07, 6.45) is 0. The number of para-hydroxylation sites is 1. The Morgan fingerprint density at radius 1 is 1.00 bits per heavy atom. The predicted octanol–water partition coefficient (Wildman–Crippen LogP) is 5.52. The Hall–Kier alpha value is -2.57. The minimum atomic E-state index is -0.387. The normalized spacial score (nSPS) is 10.9. The molecule has 2 aromatic heterocycles. The smallest absolute Gasteiger partial charge is 0.348 e. The van der Waals surface area contributed by atoms with Crippen LogP contribution in [0.5, 0.6) is 0 Å². The highest BCUT2D eigenvalue weighted by Crippen LogP contribution is 2.34. The number of fused-ring (bicyclic) bond motifs is 1. The van der Waals surface area contributed by atoms with Crippen LogP contribution in [-0.2, 0) is 11.3 Å². The zero-order valence-corrected chi connectivity index (χ0v) is 14.6. The first-order chi connectivity index (χ1) is 12.2. The van der Waals surface area contributed by atoms with E-state index in [0.717, 1.165) is 25.7 Å². The number of halogens is 1. The molecule has 0 saturated carbocycles. The van der Waals surface area contributed by atoms with Crippen LogP contribution in [0.3, 0.4) is 0 Å². The van der Waals surface area contributed by atoms with Gasteiger partial charge >= 0.3 is 5.97 Å². The summed E-state index contributed by atoms with van der Waals surface area (Å²) in [5.74, 6) is -0.699. The van der Waals surface area contributed by atoms with Crippen LogP contribution < -0.4 is 0 Å². The Morgan fingerprint density at radius 3 is 2.60 bits per heavy atom. The monoisotopic (exact) mass is 369 g/mol. The molecule has 0 atom stereocenters. The van der Waals surface area contributed by atoms with Crippen molar-refractivity contribution in [3.63, 3.8) is 0 Å². The van der Waals surface area contributed by atoms with Gasteiger partial charge in [0.25, 0.3) is 0 Å². The van der Waals surface area contributed by atoms with E-state index in [0.29, 0.717) is 4.88 Å². The number of aromatic nitrogens is 1. The van der Waals surface area contributed by atoms with Crippen molar-refractivity contribution in [2.45, 2.75) is 6.61 Å². The zero-order chi connectivity index (χ0) is 17.2. The number of nitrogens with zero attached hydrogens (tertiary/aromatic N) is 1. The number of benzene rings is 2. The van der Waals surface area contributed by atoms with Crippen molar-refractivity contribution in [3.05, 3.63) is 76.9 Å². The Bertz CT molecular complexity index is 1000. The van der Waals surface area contributed by atoms with Crippen molar-refractivity contribution in [3.8, 4) is 9.88 Å². The summed E-state index contributed by atoms with van der Waals surface area (Å²) in [7, 11) is 0. The van der Waals surface area contributed by atoms with E-state index >= 15 is 0 Å². The fourth-order valence-electron chi connectivity index (χ4n) is 2.34. The minimum Gasteiger partial charge on any atom is -0.457 e. The summed E-state index contributed by atoms with van der Waals surface area (Å²) >= 11 is 2.96. The molecule has 124 valence electrons. The van der Waals surface area contributed by atoms with Crippen LogP contribution in [-0.4, -0.2) is 11.0 Å². The molecule has 25 heavy (non-hydrogen) atoms. The lowest BCUT2D eigenvalue weighted by molar-refractivity contribution is 0.0478. The number of hydrogen-bond acceptors (Lipinski definition) is 5. The van der Waals surface area contributed by atoms with Gasteiger partial charge in [-0.25, -0.2) is 14.2 Å². The third-order valence-corrected chi connectivity index (χ3v) is 5.87. The maximum Gasteiger partial charge on any atom is 0.348 e. The third kappa shape index (κ3) is 3.45.